The number of carbonyl (C=O) groups excluding carboxylic acids is 2. The molecule has 0 bridgehead atoms. The fourth-order valence-electron chi connectivity index (χ4n) is 5.51. The predicted molar refractivity (Wildman–Crippen MR) is 187 cm³/mol. The van der Waals surface area contributed by atoms with Gasteiger partial charge >= 0.3 is 5.97 Å². The number of ether oxygens (including phenoxy) is 1. The first-order valence-electron chi connectivity index (χ1n) is 18.9. The monoisotopic (exact) mass is 623 g/mol. The Morgan fingerprint density at radius 2 is 0.955 bits per heavy atom. The first-order valence-corrected chi connectivity index (χ1v) is 18.9. The molecule has 0 amide bonds. The highest BCUT2D eigenvalue weighted by molar-refractivity contribution is 5.86. The van der Waals surface area contributed by atoms with Gasteiger partial charge in [0.2, 0.25) is 0 Å². The van der Waals surface area contributed by atoms with Crippen molar-refractivity contribution in [3.05, 3.63) is 24.3 Å². The number of esters is 1. The molecule has 2 unspecified atom stereocenters. The van der Waals surface area contributed by atoms with Gasteiger partial charge in [0.1, 0.15) is 6.10 Å². The number of aliphatic hydroxyl groups excluding tert-OH is 2. The molecule has 0 aromatic rings. The largest absolute Gasteiger partial charge is 0.451 e. The van der Waals surface area contributed by atoms with E-state index in [1.54, 1.807) is 0 Å². The predicted octanol–water partition coefficient (Wildman–Crippen LogP) is 10.9. The van der Waals surface area contributed by atoms with E-state index < -0.39 is 24.8 Å². The van der Waals surface area contributed by atoms with E-state index in [1.807, 2.05) is 0 Å². The average Bonchev–Trinajstić information content (AvgIpc) is 3.03. The van der Waals surface area contributed by atoms with Crippen LogP contribution < -0.4 is 0 Å². The van der Waals surface area contributed by atoms with Crippen molar-refractivity contribution in [2.45, 2.75) is 206 Å². The first kappa shape index (κ1) is 42.5. The van der Waals surface area contributed by atoms with E-state index in [4.69, 9.17) is 4.74 Å². The third-order valence-corrected chi connectivity index (χ3v) is 8.44. The van der Waals surface area contributed by atoms with Crippen molar-refractivity contribution in [1.29, 1.82) is 0 Å². The Morgan fingerprint density at radius 1 is 0.591 bits per heavy atom. The van der Waals surface area contributed by atoms with Gasteiger partial charge in [-0.15, -0.1) is 0 Å². The van der Waals surface area contributed by atoms with Crippen LogP contribution in [0.1, 0.15) is 194 Å². The van der Waals surface area contributed by atoms with Crippen molar-refractivity contribution in [3.63, 3.8) is 0 Å². The van der Waals surface area contributed by atoms with Crippen LogP contribution in [0.15, 0.2) is 24.3 Å². The number of aliphatic hydroxyl groups is 2. The van der Waals surface area contributed by atoms with Gasteiger partial charge in [-0.05, 0) is 64.2 Å². The van der Waals surface area contributed by atoms with Crippen LogP contribution in [0, 0.1) is 0 Å². The van der Waals surface area contributed by atoms with Crippen molar-refractivity contribution in [2.24, 2.45) is 0 Å². The lowest BCUT2D eigenvalue weighted by molar-refractivity contribution is -0.163. The van der Waals surface area contributed by atoms with Gasteiger partial charge in [-0.2, -0.15) is 0 Å². The summed E-state index contributed by atoms with van der Waals surface area (Å²) in [7, 11) is 0. The summed E-state index contributed by atoms with van der Waals surface area (Å²) in [6.45, 7) is 3.91. The van der Waals surface area contributed by atoms with Crippen molar-refractivity contribution < 1.29 is 24.5 Å². The Hall–Kier alpha value is -1.46. The topological polar surface area (TPSA) is 83.8 Å². The summed E-state index contributed by atoms with van der Waals surface area (Å²) in [5.41, 5.74) is 0. The summed E-state index contributed by atoms with van der Waals surface area (Å²) in [5, 5.41) is 19.5. The van der Waals surface area contributed by atoms with E-state index >= 15 is 0 Å². The molecule has 0 fully saturated rings. The van der Waals surface area contributed by atoms with Crippen molar-refractivity contribution in [3.8, 4) is 0 Å². The lowest BCUT2D eigenvalue weighted by Gasteiger charge is -2.20. The minimum absolute atomic E-state index is 0.244. The maximum absolute atomic E-state index is 12.7. The van der Waals surface area contributed by atoms with Crippen LogP contribution in [0.2, 0.25) is 0 Å². The first-order chi connectivity index (χ1) is 21.6. The van der Waals surface area contributed by atoms with E-state index in [9.17, 15) is 19.8 Å². The number of Topliss-reactive ketones (excluding diaryl/α,β-unsaturated/α-hetero) is 1. The van der Waals surface area contributed by atoms with Crippen LogP contribution >= 0.6 is 0 Å². The maximum atomic E-state index is 12.7. The Balaban J connectivity index is 3.84. The fourth-order valence-corrected chi connectivity index (χ4v) is 5.51. The quantitative estimate of drug-likeness (QED) is 0.0424. The van der Waals surface area contributed by atoms with E-state index in [2.05, 4.69) is 38.2 Å². The molecule has 0 aromatic carbocycles. The standard InChI is InChI=1S/C39H72O5/c1-3-5-7-9-11-13-15-17-19-21-23-25-27-29-31-33-36(41)39(37(42)35-40)44-38(43)34-32-30-28-26-24-22-20-18-16-14-12-10-8-6-4-2/h17-20,37,39-40,42H,3-16,21-35H2,1-2H3/i36+2. The number of allylic oxidation sites excluding steroid dienone is 4. The number of carbonyl (C=O) groups is 2. The molecule has 44 heavy (non-hydrogen) atoms. The summed E-state index contributed by atoms with van der Waals surface area (Å²) in [4.78, 5) is 25.0. The molecule has 0 saturated heterocycles. The molecule has 0 saturated carbocycles. The molecule has 2 N–H and O–H groups in total. The zero-order valence-corrected chi connectivity index (χ0v) is 29.1. The second-order valence-corrected chi connectivity index (χ2v) is 12.8. The van der Waals surface area contributed by atoms with Crippen LogP contribution in [0.3, 0.4) is 0 Å². The summed E-state index contributed by atoms with van der Waals surface area (Å²) in [5.74, 6) is -0.750. The molecule has 0 aliphatic heterocycles. The molecule has 0 radical (unpaired) electrons. The second-order valence-electron chi connectivity index (χ2n) is 12.8. The van der Waals surface area contributed by atoms with Crippen LogP contribution in [-0.2, 0) is 14.3 Å². The van der Waals surface area contributed by atoms with E-state index in [0.717, 1.165) is 57.8 Å². The van der Waals surface area contributed by atoms with Gasteiger partial charge in [0.05, 0.1) is 6.61 Å². The van der Waals surface area contributed by atoms with Crippen molar-refractivity contribution >= 4 is 11.8 Å². The highest BCUT2D eigenvalue weighted by Gasteiger charge is 2.29. The molecule has 0 aliphatic rings. The van der Waals surface area contributed by atoms with Crippen molar-refractivity contribution in [2.75, 3.05) is 6.61 Å². The Kier molecular flexibility index (Phi) is 33.3. The summed E-state index contributed by atoms with van der Waals surface area (Å²) >= 11 is 0. The second kappa shape index (κ2) is 34.4. The van der Waals surface area contributed by atoms with Crippen LogP contribution in [0.5, 0.6) is 0 Å². The number of hydrogen-bond acceptors (Lipinski definition) is 5. The molecule has 2 atom stereocenters. The Labute approximate surface area is 272 Å². The number of unbranched alkanes of at least 4 members (excludes halogenated alkanes) is 22. The van der Waals surface area contributed by atoms with E-state index in [1.165, 1.54) is 103 Å². The van der Waals surface area contributed by atoms with Crippen LogP contribution in [0.25, 0.3) is 0 Å². The number of hydrogen-bond donors (Lipinski definition) is 2. The molecule has 5 nitrogen and oxygen atoms in total. The molecule has 0 rings (SSSR count). The van der Waals surface area contributed by atoms with Crippen molar-refractivity contribution in [1.82, 2.24) is 0 Å². The lowest BCUT2D eigenvalue weighted by Crippen LogP contribution is -2.40. The van der Waals surface area contributed by atoms with Gasteiger partial charge in [-0.1, -0.05) is 141 Å². The molecule has 258 valence electrons. The van der Waals surface area contributed by atoms with E-state index in [0.29, 0.717) is 6.42 Å². The van der Waals surface area contributed by atoms with Gasteiger partial charge in [0.15, 0.2) is 11.9 Å². The zero-order valence-electron chi connectivity index (χ0n) is 29.1. The minimum atomic E-state index is -1.36. The highest BCUT2D eigenvalue weighted by Crippen LogP contribution is 2.15. The van der Waals surface area contributed by atoms with Gasteiger partial charge in [-0.3, -0.25) is 9.59 Å². The smallest absolute Gasteiger partial charge is 0.306 e. The van der Waals surface area contributed by atoms with Gasteiger partial charge in [0, 0.05) is 12.8 Å². The maximum Gasteiger partial charge on any atom is 0.306 e. The molecule has 0 aromatic heterocycles. The minimum Gasteiger partial charge on any atom is -0.451 e. The number of rotatable bonds is 34. The highest BCUT2D eigenvalue weighted by atomic mass is 16.6. The fraction of sp³-hybridized carbons (Fsp3) is 0.846. The summed E-state index contributed by atoms with van der Waals surface area (Å²) in [6.07, 6.45) is 38.0. The Morgan fingerprint density at radius 3 is 1.36 bits per heavy atom. The zero-order chi connectivity index (χ0) is 32.4. The number of ketones is 1. The van der Waals surface area contributed by atoms with Gasteiger partial charge in [0.25, 0.3) is 0 Å². The molecule has 0 aliphatic carbocycles. The van der Waals surface area contributed by atoms with Crippen LogP contribution in [0.4, 0.5) is 0 Å². The van der Waals surface area contributed by atoms with E-state index in [-0.39, 0.29) is 18.6 Å². The molecular formula is C39H72O5. The SMILES string of the molecule is CCCCCCCCC=CCCCCCCCC(=O)OC(C(O)CO)[14C](=O)CCCCCCCC=CCCCCCCCC. The molecular weight excluding hydrogens is 550 g/mol. The van der Waals surface area contributed by atoms with Gasteiger partial charge in [-0.25, -0.2) is 0 Å². The molecule has 0 spiro atoms. The van der Waals surface area contributed by atoms with Gasteiger partial charge < -0.3 is 14.9 Å². The summed E-state index contributed by atoms with van der Waals surface area (Å²) < 4.78 is 5.34. The summed E-state index contributed by atoms with van der Waals surface area (Å²) in [6, 6.07) is 0. The normalized spacial score (nSPS) is 13.2. The third-order valence-electron chi connectivity index (χ3n) is 8.44. The van der Waals surface area contributed by atoms with Crippen LogP contribution in [-0.4, -0.2) is 40.8 Å². The molecule has 5 heteroatoms. The Bertz CT molecular complexity index is 686. The molecule has 0 heterocycles. The average molecular weight is 623 g/mol. The lowest BCUT2D eigenvalue weighted by atomic mass is 10.1. The third kappa shape index (κ3) is 29.3.